The molecule has 2 aromatic rings. The molecule has 0 radical (unpaired) electrons. The summed E-state index contributed by atoms with van der Waals surface area (Å²) in [5.74, 6) is 2.16. The molecule has 0 spiro atoms. The summed E-state index contributed by atoms with van der Waals surface area (Å²) in [6.45, 7) is 4.88. The summed E-state index contributed by atoms with van der Waals surface area (Å²) in [7, 11) is 0. The number of halogens is 1. The lowest BCUT2D eigenvalue weighted by molar-refractivity contribution is 0.862. The molecule has 5 heteroatoms. The van der Waals surface area contributed by atoms with Gasteiger partial charge in [0.1, 0.15) is 5.82 Å². The average molecular weight is 317 g/mol. The minimum Gasteiger partial charge on any atom is -0.366 e. The Kier molecular flexibility index (Phi) is 4.48. The first-order chi connectivity index (χ1) is 10.6. The zero-order chi connectivity index (χ0) is 15.5. The van der Waals surface area contributed by atoms with Gasteiger partial charge < -0.3 is 10.6 Å². The van der Waals surface area contributed by atoms with Crippen LogP contribution in [0.5, 0.6) is 0 Å². The Morgan fingerprint density at radius 1 is 1.23 bits per heavy atom. The van der Waals surface area contributed by atoms with Gasteiger partial charge in [0.15, 0.2) is 0 Å². The van der Waals surface area contributed by atoms with Gasteiger partial charge in [-0.3, -0.25) is 0 Å². The van der Waals surface area contributed by atoms with Crippen molar-refractivity contribution in [3.8, 4) is 0 Å². The Bertz CT molecular complexity index is 653. The maximum atomic E-state index is 6.02. The second kappa shape index (κ2) is 6.53. The van der Waals surface area contributed by atoms with Gasteiger partial charge in [0.05, 0.1) is 5.69 Å². The summed E-state index contributed by atoms with van der Waals surface area (Å²) in [6.07, 6.45) is 2.46. The second-order valence-corrected chi connectivity index (χ2v) is 6.49. The standard InChI is InChI=1S/C17H21ClN4/c1-11(2)20-17-21-15(13-6-7-13)9-16(22-17)19-10-12-4-3-5-14(18)8-12/h3-5,8-9,11,13H,6-7,10H2,1-2H3,(H2,19,20,21,22). The molecule has 1 aromatic heterocycles. The number of nitrogens with zero attached hydrogens (tertiary/aromatic N) is 2. The van der Waals surface area contributed by atoms with Crippen LogP contribution in [0.4, 0.5) is 11.8 Å². The van der Waals surface area contributed by atoms with E-state index in [0.717, 1.165) is 22.1 Å². The van der Waals surface area contributed by atoms with Crippen LogP contribution in [-0.4, -0.2) is 16.0 Å². The van der Waals surface area contributed by atoms with Crippen molar-refractivity contribution in [2.24, 2.45) is 0 Å². The van der Waals surface area contributed by atoms with Crippen molar-refractivity contribution in [2.45, 2.75) is 45.2 Å². The molecule has 1 heterocycles. The van der Waals surface area contributed by atoms with Crippen LogP contribution in [0.2, 0.25) is 5.02 Å². The quantitative estimate of drug-likeness (QED) is 0.827. The van der Waals surface area contributed by atoms with Gasteiger partial charge in [-0.25, -0.2) is 4.98 Å². The lowest BCUT2D eigenvalue weighted by Crippen LogP contribution is -2.14. The van der Waals surface area contributed by atoms with Crippen LogP contribution in [0, 0.1) is 0 Å². The van der Waals surface area contributed by atoms with Crippen LogP contribution < -0.4 is 10.6 Å². The van der Waals surface area contributed by atoms with Gasteiger partial charge in [-0.2, -0.15) is 4.98 Å². The molecule has 116 valence electrons. The van der Waals surface area contributed by atoms with E-state index < -0.39 is 0 Å². The van der Waals surface area contributed by atoms with Crippen molar-refractivity contribution < 1.29 is 0 Å². The van der Waals surface area contributed by atoms with Gasteiger partial charge >= 0.3 is 0 Å². The monoisotopic (exact) mass is 316 g/mol. The molecule has 3 rings (SSSR count). The third-order valence-electron chi connectivity index (χ3n) is 3.52. The normalized spacial score (nSPS) is 14.2. The molecule has 0 aliphatic heterocycles. The lowest BCUT2D eigenvalue weighted by atomic mass is 10.2. The van der Waals surface area contributed by atoms with E-state index in [-0.39, 0.29) is 0 Å². The van der Waals surface area contributed by atoms with Gasteiger partial charge in [0.25, 0.3) is 0 Å². The largest absolute Gasteiger partial charge is 0.366 e. The smallest absolute Gasteiger partial charge is 0.225 e. The van der Waals surface area contributed by atoms with Gasteiger partial charge in [0, 0.05) is 29.6 Å². The molecule has 1 aliphatic carbocycles. The summed E-state index contributed by atoms with van der Waals surface area (Å²) >= 11 is 6.02. The highest BCUT2D eigenvalue weighted by molar-refractivity contribution is 6.30. The molecular formula is C17H21ClN4. The van der Waals surface area contributed by atoms with Crippen molar-refractivity contribution in [1.29, 1.82) is 0 Å². The Hall–Kier alpha value is -1.81. The molecule has 0 saturated heterocycles. The summed E-state index contributed by atoms with van der Waals surface area (Å²) in [6, 6.07) is 10.2. The van der Waals surface area contributed by atoms with Gasteiger partial charge in [-0.15, -0.1) is 0 Å². The topological polar surface area (TPSA) is 49.8 Å². The average Bonchev–Trinajstić information content (AvgIpc) is 3.29. The highest BCUT2D eigenvalue weighted by Gasteiger charge is 2.26. The molecule has 4 nitrogen and oxygen atoms in total. The SMILES string of the molecule is CC(C)Nc1nc(NCc2cccc(Cl)c2)cc(C2CC2)n1. The van der Waals surface area contributed by atoms with Crippen LogP contribution in [0.25, 0.3) is 0 Å². The Morgan fingerprint density at radius 2 is 2.05 bits per heavy atom. The molecule has 1 aliphatic rings. The van der Waals surface area contributed by atoms with Crippen LogP contribution in [-0.2, 0) is 6.54 Å². The Labute approximate surface area is 136 Å². The van der Waals surface area contributed by atoms with E-state index >= 15 is 0 Å². The van der Waals surface area contributed by atoms with E-state index in [1.165, 1.54) is 12.8 Å². The van der Waals surface area contributed by atoms with Crippen molar-refractivity contribution in [2.75, 3.05) is 10.6 Å². The highest BCUT2D eigenvalue weighted by Crippen LogP contribution is 2.39. The number of nitrogens with one attached hydrogen (secondary N) is 2. The maximum absolute atomic E-state index is 6.02. The molecule has 1 saturated carbocycles. The van der Waals surface area contributed by atoms with Crippen LogP contribution in [0.3, 0.4) is 0 Å². The molecule has 0 amide bonds. The van der Waals surface area contributed by atoms with Crippen molar-refractivity contribution in [3.63, 3.8) is 0 Å². The third kappa shape index (κ3) is 4.10. The fourth-order valence-corrected chi connectivity index (χ4v) is 2.52. The first-order valence-corrected chi connectivity index (χ1v) is 8.12. The molecule has 0 bridgehead atoms. The zero-order valence-corrected chi connectivity index (χ0v) is 13.7. The zero-order valence-electron chi connectivity index (χ0n) is 12.9. The number of benzene rings is 1. The van der Waals surface area contributed by atoms with E-state index in [9.17, 15) is 0 Å². The summed E-state index contributed by atoms with van der Waals surface area (Å²) in [5.41, 5.74) is 2.27. The number of anilines is 2. The molecule has 2 N–H and O–H groups in total. The fourth-order valence-electron chi connectivity index (χ4n) is 2.31. The number of hydrogen-bond acceptors (Lipinski definition) is 4. The number of hydrogen-bond donors (Lipinski definition) is 2. The van der Waals surface area contributed by atoms with Crippen LogP contribution in [0.1, 0.15) is 43.9 Å². The minimum absolute atomic E-state index is 0.315. The Morgan fingerprint density at radius 3 is 2.73 bits per heavy atom. The van der Waals surface area contributed by atoms with Crippen molar-refractivity contribution in [3.05, 3.63) is 46.6 Å². The van der Waals surface area contributed by atoms with E-state index in [0.29, 0.717) is 24.5 Å². The molecule has 1 aromatic carbocycles. The molecule has 0 atom stereocenters. The van der Waals surface area contributed by atoms with Crippen LogP contribution >= 0.6 is 11.6 Å². The predicted octanol–water partition coefficient (Wildman–Crippen LogP) is 4.44. The van der Waals surface area contributed by atoms with E-state index in [4.69, 9.17) is 11.6 Å². The van der Waals surface area contributed by atoms with Crippen LogP contribution in [0.15, 0.2) is 30.3 Å². The molecule has 1 fully saturated rings. The van der Waals surface area contributed by atoms with Gasteiger partial charge in [-0.1, -0.05) is 23.7 Å². The second-order valence-electron chi connectivity index (χ2n) is 6.06. The number of aromatic nitrogens is 2. The predicted molar refractivity (Wildman–Crippen MR) is 91.5 cm³/mol. The van der Waals surface area contributed by atoms with Gasteiger partial charge in [-0.05, 0) is 44.4 Å². The number of rotatable bonds is 6. The van der Waals surface area contributed by atoms with Gasteiger partial charge in [0.2, 0.25) is 5.95 Å². The summed E-state index contributed by atoms with van der Waals surface area (Å²) in [5, 5.41) is 7.42. The van der Waals surface area contributed by atoms with Crippen molar-refractivity contribution >= 4 is 23.4 Å². The van der Waals surface area contributed by atoms with E-state index in [1.54, 1.807) is 0 Å². The molecular weight excluding hydrogens is 296 g/mol. The first-order valence-electron chi connectivity index (χ1n) is 7.74. The maximum Gasteiger partial charge on any atom is 0.225 e. The minimum atomic E-state index is 0.315. The molecule has 22 heavy (non-hydrogen) atoms. The highest BCUT2D eigenvalue weighted by atomic mass is 35.5. The Balaban J connectivity index is 1.75. The van der Waals surface area contributed by atoms with Crippen molar-refractivity contribution in [1.82, 2.24) is 9.97 Å². The fraction of sp³-hybridized carbons (Fsp3) is 0.412. The summed E-state index contributed by atoms with van der Waals surface area (Å²) in [4.78, 5) is 9.18. The first kappa shape index (κ1) is 15.1. The van der Waals surface area contributed by atoms with E-state index in [2.05, 4.69) is 46.6 Å². The third-order valence-corrected chi connectivity index (χ3v) is 3.76. The summed E-state index contributed by atoms with van der Waals surface area (Å²) < 4.78 is 0. The molecule has 0 unspecified atom stereocenters. The lowest BCUT2D eigenvalue weighted by Gasteiger charge is -2.13. The van der Waals surface area contributed by atoms with E-state index in [1.807, 2.05) is 18.2 Å².